The highest BCUT2D eigenvalue weighted by Gasteiger charge is 2.31. The van der Waals surface area contributed by atoms with E-state index in [1.165, 1.54) is 18.6 Å². The van der Waals surface area contributed by atoms with Crippen LogP contribution in [0.2, 0.25) is 0 Å². The third-order valence-electron chi connectivity index (χ3n) is 3.55. The minimum atomic E-state index is -4.65. The van der Waals surface area contributed by atoms with Crippen LogP contribution in [0, 0.1) is 0 Å². The van der Waals surface area contributed by atoms with Gasteiger partial charge in [-0.3, -0.25) is 4.90 Å². The SMILES string of the molecule is NC[C@H](c1ccc(OC(F)(F)F)cc1)N1CCCCC1. The van der Waals surface area contributed by atoms with Crippen molar-refractivity contribution < 1.29 is 17.9 Å². The summed E-state index contributed by atoms with van der Waals surface area (Å²) in [5.41, 5.74) is 6.76. The molecule has 6 heteroatoms. The van der Waals surface area contributed by atoms with E-state index in [4.69, 9.17) is 5.73 Å². The number of alkyl halides is 3. The van der Waals surface area contributed by atoms with Gasteiger partial charge in [0, 0.05) is 12.6 Å². The van der Waals surface area contributed by atoms with E-state index in [1.807, 2.05) is 0 Å². The zero-order chi connectivity index (χ0) is 14.6. The Morgan fingerprint density at radius 3 is 2.20 bits per heavy atom. The summed E-state index contributed by atoms with van der Waals surface area (Å²) in [5.74, 6) is -0.198. The molecule has 1 aromatic rings. The summed E-state index contributed by atoms with van der Waals surface area (Å²) in [6, 6.07) is 6.07. The topological polar surface area (TPSA) is 38.5 Å². The Kier molecular flexibility index (Phi) is 4.88. The van der Waals surface area contributed by atoms with Crippen molar-refractivity contribution in [2.24, 2.45) is 5.73 Å². The molecule has 1 saturated heterocycles. The number of likely N-dealkylation sites (tertiary alicyclic amines) is 1. The van der Waals surface area contributed by atoms with Crippen LogP contribution in [0.25, 0.3) is 0 Å². The van der Waals surface area contributed by atoms with Crippen LogP contribution in [0.3, 0.4) is 0 Å². The molecule has 0 aliphatic carbocycles. The standard InChI is InChI=1S/C14H19F3N2O/c15-14(16,17)20-12-6-4-11(5-7-12)13(10-18)19-8-2-1-3-9-19/h4-7,13H,1-3,8-10,18H2/t13-/m1/s1. The van der Waals surface area contributed by atoms with Crippen LogP contribution in [-0.4, -0.2) is 30.9 Å². The van der Waals surface area contributed by atoms with Gasteiger partial charge in [-0.05, 0) is 43.6 Å². The zero-order valence-corrected chi connectivity index (χ0v) is 11.2. The van der Waals surface area contributed by atoms with Crippen molar-refractivity contribution in [3.8, 4) is 5.75 Å². The van der Waals surface area contributed by atoms with Crippen LogP contribution >= 0.6 is 0 Å². The Morgan fingerprint density at radius 1 is 1.10 bits per heavy atom. The Hall–Kier alpha value is -1.27. The van der Waals surface area contributed by atoms with Crippen molar-refractivity contribution in [1.29, 1.82) is 0 Å². The molecular formula is C14H19F3N2O. The largest absolute Gasteiger partial charge is 0.573 e. The molecule has 20 heavy (non-hydrogen) atoms. The number of halogens is 3. The van der Waals surface area contributed by atoms with Gasteiger partial charge in [-0.25, -0.2) is 0 Å². The molecule has 2 rings (SSSR count). The Morgan fingerprint density at radius 2 is 1.70 bits per heavy atom. The summed E-state index contributed by atoms with van der Waals surface area (Å²) < 4.78 is 40.2. The Labute approximate surface area is 116 Å². The lowest BCUT2D eigenvalue weighted by Crippen LogP contribution is -2.37. The third-order valence-corrected chi connectivity index (χ3v) is 3.55. The molecule has 112 valence electrons. The lowest BCUT2D eigenvalue weighted by Gasteiger charge is -2.34. The first-order valence-electron chi connectivity index (χ1n) is 6.79. The second kappa shape index (κ2) is 6.45. The van der Waals surface area contributed by atoms with Gasteiger partial charge in [0.1, 0.15) is 5.75 Å². The number of hydrogen-bond donors (Lipinski definition) is 1. The number of nitrogens with two attached hydrogens (primary N) is 1. The molecule has 1 atom stereocenters. The van der Waals surface area contributed by atoms with E-state index >= 15 is 0 Å². The number of ether oxygens (including phenoxy) is 1. The van der Waals surface area contributed by atoms with Gasteiger partial charge in [0.2, 0.25) is 0 Å². The van der Waals surface area contributed by atoms with Gasteiger partial charge in [-0.1, -0.05) is 18.6 Å². The zero-order valence-electron chi connectivity index (χ0n) is 11.2. The highest BCUT2D eigenvalue weighted by molar-refractivity contribution is 5.29. The van der Waals surface area contributed by atoms with E-state index < -0.39 is 6.36 Å². The second-order valence-corrected chi connectivity index (χ2v) is 4.96. The second-order valence-electron chi connectivity index (χ2n) is 4.96. The number of hydrogen-bond acceptors (Lipinski definition) is 3. The van der Waals surface area contributed by atoms with Gasteiger partial charge in [-0.15, -0.1) is 13.2 Å². The molecule has 1 aliphatic rings. The van der Waals surface area contributed by atoms with Crippen LogP contribution in [0.15, 0.2) is 24.3 Å². The lowest BCUT2D eigenvalue weighted by molar-refractivity contribution is -0.274. The first-order valence-corrected chi connectivity index (χ1v) is 6.79. The maximum Gasteiger partial charge on any atom is 0.573 e. The number of nitrogens with zero attached hydrogens (tertiary/aromatic N) is 1. The van der Waals surface area contributed by atoms with E-state index in [2.05, 4.69) is 9.64 Å². The Balaban J connectivity index is 2.06. The maximum atomic E-state index is 12.1. The molecule has 0 aromatic heterocycles. The molecule has 0 radical (unpaired) electrons. The average molecular weight is 288 g/mol. The summed E-state index contributed by atoms with van der Waals surface area (Å²) in [7, 11) is 0. The van der Waals surface area contributed by atoms with E-state index in [0.717, 1.165) is 31.5 Å². The van der Waals surface area contributed by atoms with E-state index in [0.29, 0.717) is 6.54 Å². The molecule has 0 spiro atoms. The summed E-state index contributed by atoms with van der Waals surface area (Å²) >= 11 is 0. The van der Waals surface area contributed by atoms with Gasteiger partial charge in [0.15, 0.2) is 0 Å². The van der Waals surface area contributed by atoms with Crippen LogP contribution < -0.4 is 10.5 Å². The smallest absolute Gasteiger partial charge is 0.406 e. The van der Waals surface area contributed by atoms with Gasteiger partial charge in [-0.2, -0.15) is 0 Å². The summed E-state index contributed by atoms with van der Waals surface area (Å²) in [4.78, 5) is 2.29. The molecule has 0 bridgehead atoms. The number of piperidine rings is 1. The van der Waals surface area contributed by atoms with Crippen LogP contribution in [-0.2, 0) is 0 Å². The fourth-order valence-electron chi connectivity index (χ4n) is 2.62. The van der Waals surface area contributed by atoms with Gasteiger partial charge < -0.3 is 10.5 Å². The molecular weight excluding hydrogens is 269 g/mol. The van der Waals surface area contributed by atoms with E-state index in [9.17, 15) is 13.2 Å². The van der Waals surface area contributed by atoms with Gasteiger partial charge >= 0.3 is 6.36 Å². The minimum absolute atomic E-state index is 0.0650. The van der Waals surface area contributed by atoms with Crippen molar-refractivity contribution in [2.45, 2.75) is 31.7 Å². The highest BCUT2D eigenvalue weighted by Crippen LogP contribution is 2.27. The molecule has 1 heterocycles. The quantitative estimate of drug-likeness (QED) is 0.925. The number of rotatable bonds is 4. The van der Waals surface area contributed by atoms with Crippen molar-refractivity contribution in [3.63, 3.8) is 0 Å². The van der Waals surface area contributed by atoms with Crippen molar-refractivity contribution >= 4 is 0 Å². The monoisotopic (exact) mass is 288 g/mol. The molecule has 0 amide bonds. The summed E-state index contributed by atoms with van der Waals surface area (Å²) in [5, 5.41) is 0. The summed E-state index contributed by atoms with van der Waals surface area (Å²) in [6.45, 7) is 2.44. The number of benzene rings is 1. The fraction of sp³-hybridized carbons (Fsp3) is 0.571. The molecule has 3 nitrogen and oxygen atoms in total. The van der Waals surface area contributed by atoms with Gasteiger partial charge in [0.05, 0.1) is 0 Å². The van der Waals surface area contributed by atoms with Crippen LogP contribution in [0.4, 0.5) is 13.2 Å². The first kappa shape index (κ1) is 15.1. The maximum absolute atomic E-state index is 12.1. The predicted molar refractivity (Wildman–Crippen MR) is 70.3 cm³/mol. The van der Waals surface area contributed by atoms with Crippen molar-refractivity contribution in [3.05, 3.63) is 29.8 Å². The van der Waals surface area contributed by atoms with E-state index in [-0.39, 0.29) is 11.8 Å². The molecule has 1 aliphatic heterocycles. The Bertz CT molecular complexity index is 413. The van der Waals surface area contributed by atoms with Crippen LogP contribution in [0.5, 0.6) is 5.75 Å². The lowest BCUT2D eigenvalue weighted by atomic mass is 10.0. The molecule has 1 aromatic carbocycles. The van der Waals surface area contributed by atoms with Crippen molar-refractivity contribution in [2.75, 3.05) is 19.6 Å². The summed E-state index contributed by atoms with van der Waals surface area (Å²) in [6.07, 6.45) is -1.13. The molecule has 2 N–H and O–H groups in total. The van der Waals surface area contributed by atoms with Crippen LogP contribution in [0.1, 0.15) is 30.9 Å². The molecule has 0 unspecified atom stereocenters. The first-order chi connectivity index (χ1) is 9.49. The van der Waals surface area contributed by atoms with Crippen molar-refractivity contribution in [1.82, 2.24) is 4.90 Å². The predicted octanol–water partition coefficient (Wildman–Crippen LogP) is 3.07. The normalized spacial score (nSPS) is 18.8. The fourth-order valence-corrected chi connectivity index (χ4v) is 2.62. The highest BCUT2D eigenvalue weighted by atomic mass is 19.4. The third kappa shape index (κ3) is 4.11. The minimum Gasteiger partial charge on any atom is -0.406 e. The molecule has 0 saturated carbocycles. The van der Waals surface area contributed by atoms with Gasteiger partial charge in [0.25, 0.3) is 0 Å². The average Bonchev–Trinajstić information content (AvgIpc) is 2.41. The molecule has 1 fully saturated rings. The van der Waals surface area contributed by atoms with E-state index in [1.54, 1.807) is 12.1 Å².